The average Bonchev–Trinajstić information content (AvgIpc) is 2.98. The number of aromatic amines is 1. The fraction of sp³-hybridized carbons (Fsp3) is 0.100. The van der Waals surface area contributed by atoms with Crippen LogP contribution in [-0.4, -0.2) is 25.2 Å². The van der Waals surface area contributed by atoms with Crippen LogP contribution in [0.5, 0.6) is 11.5 Å². The van der Waals surface area contributed by atoms with E-state index in [1.165, 1.54) is 24.7 Å². The molecule has 19 heavy (non-hydrogen) atoms. The van der Waals surface area contributed by atoms with E-state index >= 15 is 0 Å². The molecule has 0 unspecified atom stereocenters. The number of H-pyrrole nitrogens is 1. The van der Waals surface area contributed by atoms with E-state index in [2.05, 4.69) is 14.7 Å². The monoisotopic (exact) mass is 282 g/mol. The molecule has 0 amide bonds. The van der Waals surface area contributed by atoms with E-state index in [-0.39, 0.29) is 23.2 Å². The molecule has 0 saturated carbocycles. The second kappa shape index (κ2) is 4.05. The van der Waals surface area contributed by atoms with Crippen molar-refractivity contribution in [1.82, 2.24) is 9.97 Å². The van der Waals surface area contributed by atoms with E-state index in [4.69, 9.17) is 15.2 Å². The lowest BCUT2D eigenvalue weighted by atomic mass is 10.2. The third-order valence-electron chi connectivity index (χ3n) is 2.55. The molecule has 3 rings (SSSR count). The highest BCUT2D eigenvalue weighted by molar-refractivity contribution is 7.92. The zero-order chi connectivity index (χ0) is 13.5. The second-order valence-corrected chi connectivity index (χ2v) is 5.46. The van der Waals surface area contributed by atoms with E-state index in [0.29, 0.717) is 11.5 Å². The summed E-state index contributed by atoms with van der Waals surface area (Å²) in [6.45, 7) is 0.0888. The fourth-order valence-corrected chi connectivity index (χ4v) is 2.62. The third-order valence-corrected chi connectivity index (χ3v) is 3.84. The van der Waals surface area contributed by atoms with Crippen LogP contribution in [0, 0.1) is 0 Å². The highest BCUT2D eigenvalue weighted by atomic mass is 32.2. The van der Waals surface area contributed by atoms with Gasteiger partial charge in [0, 0.05) is 12.1 Å². The minimum atomic E-state index is -3.75. The smallest absolute Gasteiger partial charge is 0.279 e. The number of nitrogens with two attached hydrogens (primary N) is 1. The van der Waals surface area contributed by atoms with Crippen molar-refractivity contribution in [2.24, 2.45) is 0 Å². The van der Waals surface area contributed by atoms with Crippen LogP contribution >= 0.6 is 0 Å². The summed E-state index contributed by atoms with van der Waals surface area (Å²) in [6.07, 6.45) is 2.48. The van der Waals surface area contributed by atoms with Gasteiger partial charge in [0.25, 0.3) is 10.0 Å². The van der Waals surface area contributed by atoms with Gasteiger partial charge >= 0.3 is 0 Å². The predicted octanol–water partition coefficient (Wildman–Crippen LogP) is 0.521. The number of hydrogen-bond donors (Lipinski definition) is 3. The van der Waals surface area contributed by atoms with Crippen molar-refractivity contribution in [3.8, 4) is 11.5 Å². The van der Waals surface area contributed by atoms with E-state index in [0.717, 1.165) is 0 Å². The molecule has 0 saturated heterocycles. The molecule has 0 fully saturated rings. The first-order chi connectivity index (χ1) is 9.06. The molecule has 0 radical (unpaired) electrons. The van der Waals surface area contributed by atoms with Gasteiger partial charge in [-0.2, -0.15) is 8.42 Å². The number of fused-ring (bicyclic) bond motifs is 1. The number of benzene rings is 1. The first-order valence-corrected chi connectivity index (χ1v) is 6.75. The lowest BCUT2D eigenvalue weighted by Crippen LogP contribution is -2.14. The molecule has 2 heterocycles. The number of nitrogen functional groups attached to an aromatic ring is 1. The van der Waals surface area contributed by atoms with Crippen LogP contribution in [0.15, 0.2) is 29.7 Å². The number of ether oxygens (including phenoxy) is 2. The quantitative estimate of drug-likeness (QED) is 0.706. The summed E-state index contributed by atoms with van der Waals surface area (Å²) in [5.74, 6) is 0.929. The number of nitrogens with zero attached hydrogens (tertiary/aromatic N) is 1. The molecule has 1 aromatic carbocycles. The maximum atomic E-state index is 12.0. The lowest BCUT2D eigenvalue weighted by molar-refractivity contribution is 0.174. The summed E-state index contributed by atoms with van der Waals surface area (Å²) in [7, 11) is -3.75. The summed E-state index contributed by atoms with van der Waals surface area (Å²) < 4.78 is 36.7. The van der Waals surface area contributed by atoms with Crippen LogP contribution in [-0.2, 0) is 10.0 Å². The maximum absolute atomic E-state index is 12.0. The Bertz CT molecular complexity index is 711. The van der Waals surface area contributed by atoms with Crippen LogP contribution in [0.25, 0.3) is 0 Å². The molecule has 0 aliphatic carbocycles. The van der Waals surface area contributed by atoms with E-state index in [1.54, 1.807) is 0 Å². The lowest BCUT2D eigenvalue weighted by Gasteiger charge is -2.09. The second-order valence-electron chi connectivity index (χ2n) is 3.81. The number of nitrogens with one attached hydrogen (secondary N) is 2. The van der Waals surface area contributed by atoms with Crippen molar-refractivity contribution >= 4 is 21.4 Å². The maximum Gasteiger partial charge on any atom is 0.279 e. The molecule has 4 N–H and O–H groups in total. The van der Waals surface area contributed by atoms with Crippen LogP contribution in [0.1, 0.15) is 0 Å². The Morgan fingerprint density at radius 1 is 1.32 bits per heavy atom. The number of imidazole rings is 1. The van der Waals surface area contributed by atoms with Gasteiger partial charge in [0.15, 0.2) is 16.5 Å². The zero-order valence-electron chi connectivity index (χ0n) is 9.58. The summed E-state index contributed by atoms with van der Waals surface area (Å²) in [5.41, 5.74) is 6.23. The first kappa shape index (κ1) is 11.7. The number of aromatic nitrogens is 2. The Morgan fingerprint density at radius 2 is 2.05 bits per heavy atom. The van der Waals surface area contributed by atoms with Crippen molar-refractivity contribution in [3.63, 3.8) is 0 Å². The van der Waals surface area contributed by atoms with Gasteiger partial charge in [0.1, 0.15) is 0 Å². The van der Waals surface area contributed by atoms with Crippen molar-refractivity contribution in [2.75, 3.05) is 17.2 Å². The largest absolute Gasteiger partial charge is 0.454 e. The Labute approximate surface area is 108 Å². The van der Waals surface area contributed by atoms with Crippen LogP contribution in [0.3, 0.4) is 0 Å². The molecule has 9 heteroatoms. The van der Waals surface area contributed by atoms with Crippen molar-refractivity contribution in [2.45, 2.75) is 5.03 Å². The Balaban J connectivity index is 1.96. The summed E-state index contributed by atoms with van der Waals surface area (Å²) in [6, 6.07) is 2.98. The van der Waals surface area contributed by atoms with Crippen molar-refractivity contribution in [1.29, 1.82) is 0 Å². The van der Waals surface area contributed by atoms with Gasteiger partial charge in [0.05, 0.1) is 23.9 Å². The number of anilines is 2. The molecular formula is C10H10N4O4S. The Hall–Kier alpha value is -2.42. The molecule has 0 spiro atoms. The molecule has 1 aromatic heterocycles. The van der Waals surface area contributed by atoms with Gasteiger partial charge in [0.2, 0.25) is 6.79 Å². The summed E-state index contributed by atoms with van der Waals surface area (Å²) >= 11 is 0. The standard InChI is InChI=1S/C10H10N4O4S/c11-6-1-8-9(18-5-17-8)2-7(6)14-19(15,16)10-3-12-4-13-10/h1-4,14H,5,11H2,(H,12,13). The van der Waals surface area contributed by atoms with E-state index in [1.807, 2.05) is 0 Å². The molecular weight excluding hydrogens is 272 g/mol. The summed E-state index contributed by atoms with van der Waals surface area (Å²) in [5, 5.41) is -0.0513. The molecule has 0 bridgehead atoms. The van der Waals surface area contributed by atoms with Crippen LogP contribution in [0.4, 0.5) is 11.4 Å². The Kier molecular flexibility index (Phi) is 2.49. The van der Waals surface area contributed by atoms with Gasteiger partial charge in [-0.05, 0) is 0 Å². The topological polar surface area (TPSA) is 119 Å². The fourth-order valence-electron chi connectivity index (χ4n) is 1.64. The van der Waals surface area contributed by atoms with Gasteiger partial charge in [-0.25, -0.2) is 4.98 Å². The van der Waals surface area contributed by atoms with Crippen molar-refractivity contribution in [3.05, 3.63) is 24.7 Å². The van der Waals surface area contributed by atoms with Crippen LogP contribution in [0.2, 0.25) is 0 Å². The highest BCUT2D eigenvalue weighted by Crippen LogP contribution is 2.38. The Morgan fingerprint density at radius 3 is 2.74 bits per heavy atom. The van der Waals surface area contributed by atoms with Crippen molar-refractivity contribution < 1.29 is 17.9 Å². The minimum absolute atomic E-state index is 0.0513. The van der Waals surface area contributed by atoms with Gasteiger partial charge in [-0.1, -0.05) is 0 Å². The molecule has 0 atom stereocenters. The van der Waals surface area contributed by atoms with Gasteiger partial charge in [-0.15, -0.1) is 0 Å². The molecule has 100 valence electrons. The van der Waals surface area contributed by atoms with E-state index < -0.39 is 10.0 Å². The number of rotatable bonds is 3. The predicted molar refractivity (Wildman–Crippen MR) is 66.4 cm³/mol. The van der Waals surface area contributed by atoms with Crippen LogP contribution < -0.4 is 19.9 Å². The molecule has 1 aliphatic rings. The first-order valence-electron chi connectivity index (χ1n) is 5.26. The minimum Gasteiger partial charge on any atom is -0.454 e. The highest BCUT2D eigenvalue weighted by Gasteiger charge is 2.21. The number of sulfonamides is 1. The molecule has 2 aromatic rings. The molecule has 8 nitrogen and oxygen atoms in total. The summed E-state index contributed by atoms with van der Waals surface area (Å²) in [4.78, 5) is 6.17. The molecule has 1 aliphatic heterocycles. The van der Waals surface area contributed by atoms with Gasteiger partial charge in [-0.3, -0.25) is 4.72 Å². The average molecular weight is 282 g/mol. The van der Waals surface area contributed by atoms with Gasteiger partial charge < -0.3 is 20.2 Å². The SMILES string of the molecule is Nc1cc2c(cc1NS(=O)(=O)c1cnc[nH]1)OCO2. The zero-order valence-corrected chi connectivity index (χ0v) is 10.4. The normalized spacial score (nSPS) is 13.5. The third kappa shape index (κ3) is 2.03. The number of hydrogen-bond acceptors (Lipinski definition) is 6. The van der Waals surface area contributed by atoms with E-state index in [9.17, 15) is 8.42 Å².